The number of ether oxygens (including phenoxy) is 3. The van der Waals surface area contributed by atoms with Crippen LogP contribution in [0.4, 0.5) is 0 Å². The lowest BCUT2D eigenvalue weighted by molar-refractivity contribution is -0.132. The molecule has 0 spiro atoms. The number of benzene rings is 1. The minimum atomic E-state index is -1.47. The highest BCUT2D eigenvalue weighted by Crippen LogP contribution is 2.56. The number of hydrogen-bond acceptors (Lipinski definition) is 8. The van der Waals surface area contributed by atoms with Crippen molar-refractivity contribution in [1.29, 1.82) is 0 Å². The molecule has 1 aromatic rings. The zero-order chi connectivity index (χ0) is 33.9. The Bertz CT molecular complexity index is 1550. The molecule has 1 fully saturated rings. The lowest BCUT2D eigenvalue weighted by Gasteiger charge is -2.42. The molecule has 0 aromatic heterocycles. The maximum absolute atomic E-state index is 14.3. The third-order valence-corrected chi connectivity index (χ3v) is 10.1. The van der Waals surface area contributed by atoms with Gasteiger partial charge in [0.15, 0.2) is 5.78 Å². The van der Waals surface area contributed by atoms with Crippen molar-refractivity contribution >= 4 is 17.8 Å². The molecule has 9 heteroatoms. The minimum absolute atomic E-state index is 0.00961. The van der Waals surface area contributed by atoms with E-state index in [0.29, 0.717) is 41.7 Å². The molecule has 4 N–H and O–H groups in total. The third-order valence-electron chi connectivity index (χ3n) is 10.1. The second-order valence-electron chi connectivity index (χ2n) is 14.9. The van der Waals surface area contributed by atoms with Crippen molar-refractivity contribution in [1.82, 2.24) is 0 Å². The fourth-order valence-electron chi connectivity index (χ4n) is 7.24. The monoisotopic (exact) mass is 636 g/mol. The summed E-state index contributed by atoms with van der Waals surface area (Å²) in [6.45, 7) is 14.6. The van der Waals surface area contributed by atoms with Crippen LogP contribution in [0.15, 0.2) is 41.0 Å². The number of fused-ring (bicyclic) bond motifs is 5. The molecule has 3 heterocycles. The Hall–Kier alpha value is -3.40. The number of carboxylic acid groups (broad SMARTS) is 1. The highest BCUT2D eigenvalue weighted by Gasteiger charge is 2.57. The number of carboxylic acids is 1. The normalized spacial score (nSPS) is 28.5. The molecule has 9 nitrogen and oxygen atoms in total. The maximum Gasteiger partial charge on any atom is 0.330 e. The van der Waals surface area contributed by atoms with Crippen molar-refractivity contribution < 1.29 is 44.2 Å². The van der Waals surface area contributed by atoms with Crippen molar-refractivity contribution in [2.24, 2.45) is 11.8 Å². The Kier molecular flexibility index (Phi) is 8.85. The Morgan fingerprint density at radius 2 is 1.85 bits per heavy atom. The van der Waals surface area contributed by atoms with Crippen LogP contribution in [0, 0.1) is 11.8 Å². The zero-order valence-corrected chi connectivity index (χ0v) is 28.1. The molecule has 0 bridgehead atoms. The second kappa shape index (κ2) is 12.0. The summed E-state index contributed by atoms with van der Waals surface area (Å²) in [4.78, 5) is 25.8. The van der Waals surface area contributed by atoms with Gasteiger partial charge in [-0.05, 0) is 93.2 Å². The molecule has 0 saturated carbocycles. The quantitative estimate of drug-likeness (QED) is 0.187. The van der Waals surface area contributed by atoms with Crippen LogP contribution in [-0.2, 0) is 16.0 Å². The zero-order valence-electron chi connectivity index (χ0n) is 28.1. The van der Waals surface area contributed by atoms with Crippen molar-refractivity contribution in [3.8, 4) is 17.2 Å². The molecule has 4 aliphatic rings. The molecular weight excluding hydrogens is 588 g/mol. The van der Waals surface area contributed by atoms with Crippen LogP contribution < -0.4 is 9.47 Å². The van der Waals surface area contributed by atoms with E-state index in [2.05, 4.69) is 6.08 Å². The Morgan fingerprint density at radius 1 is 1.15 bits per heavy atom. The summed E-state index contributed by atoms with van der Waals surface area (Å²) in [5, 5.41) is 43.0. The summed E-state index contributed by atoms with van der Waals surface area (Å²) in [6.07, 6.45) is 9.11. The maximum atomic E-state index is 14.3. The predicted octanol–water partition coefficient (Wildman–Crippen LogP) is 6.08. The van der Waals surface area contributed by atoms with E-state index in [4.69, 9.17) is 14.2 Å². The van der Waals surface area contributed by atoms with Crippen molar-refractivity contribution in [2.45, 2.75) is 123 Å². The number of Topliss-reactive ketones (excluding diaryl/α,β-unsaturated/α-hetero) is 1. The number of allylic oxidation sites excluding steroid dienone is 3. The number of carbonyl (C=O) groups excluding carboxylic acids is 1. The molecule has 1 saturated heterocycles. The number of phenolic OH excluding ortho intramolecular Hbond substituents is 1. The third kappa shape index (κ3) is 6.17. The van der Waals surface area contributed by atoms with Crippen molar-refractivity contribution in [2.75, 3.05) is 0 Å². The van der Waals surface area contributed by atoms with Gasteiger partial charge in [0.05, 0.1) is 29.0 Å². The topological polar surface area (TPSA) is 143 Å². The first kappa shape index (κ1) is 33.9. The number of aromatic hydroxyl groups is 1. The molecule has 250 valence electrons. The average Bonchev–Trinajstić information content (AvgIpc) is 3.22. The predicted molar refractivity (Wildman–Crippen MR) is 174 cm³/mol. The van der Waals surface area contributed by atoms with Crippen LogP contribution in [0.3, 0.4) is 0 Å². The first-order valence-electron chi connectivity index (χ1n) is 16.2. The number of aliphatic carboxylic acids is 1. The summed E-state index contributed by atoms with van der Waals surface area (Å²) in [6, 6.07) is 0. The molecular formula is C37H48O9. The fourth-order valence-corrected chi connectivity index (χ4v) is 7.24. The molecule has 0 amide bonds. The number of carbonyl (C=O) groups is 2. The summed E-state index contributed by atoms with van der Waals surface area (Å²) < 4.78 is 19.9. The number of hydrogen-bond donors (Lipinski definition) is 4. The molecule has 4 unspecified atom stereocenters. The van der Waals surface area contributed by atoms with Gasteiger partial charge < -0.3 is 34.6 Å². The van der Waals surface area contributed by atoms with E-state index in [0.717, 1.165) is 6.42 Å². The first-order chi connectivity index (χ1) is 21.3. The standard InChI is InChI=1S/C37H48O9/c1-19(2)10-9-16-37(8)17-15-22-30(40)28-29(39)21-12-13-24-27(25(45-36(24,6)7)14-11-20(3)34(41)42)32(21)44-33(28)23(31(22)46-37)18-26(38)35(4,5)43/h10-12,15,17,24-27,32,38,40,43H,9,13-14,16,18H2,1-8H3,(H,41,42)/b20-11-/t24?,25-,26?,27?,32?,37+/m1/s1. The highest BCUT2D eigenvalue weighted by molar-refractivity contribution is 6.15. The summed E-state index contributed by atoms with van der Waals surface area (Å²) in [5.74, 6) is -1.48. The van der Waals surface area contributed by atoms with Crippen LogP contribution in [0.25, 0.3) is 6.08 Å². The summed E-state index contributed by atoms with van der Waals surface area (Å²) in [7, 11) is 0. The number of aliphatic hydroxyl groups is 2. The van der Waals surface area contributed by atoms with E-state index < -0.39 is 41.1 Å². The number of aliphatic hydroxyl groups excluding tert-OH is 1. The van der Waals surface area contributed by atoms with E-state index >= 15 is 0 Å². The number of rotatable bonds is 9. The molecule has 6 atom stereocenters. The minimum Gasteiger partial charge on any atom is -0.506 e. The van der Waals surface area contributed by atoms with Gasteiger partial charge in [0.25, 0.3) is 0 Å². The van der Waals surface area contributed by atoms with E-state index in [1.54, 1.807) is 12.2 Å². The number of ketones is 1. The van der Waals surface area contributed by atoms with Crippen LogP contribution in [0.1, 0.15) is 103 Å². The smallest absolute Gasteiger partial charge is 0.330 e. The van der Waals surface area contributed by atoms with Gasteiger partial charge in [-0.2, -0.15) is 0 Å². The first-order valence-corrected chi connectivity index (χ1v) is 16.2. The molecule has 3 aliphatic heterocycles. The van der Waals surface area contributed by atoms with Gasteiger partial charge in [-0.3, -0.25) is 4.79 Å². The van der Waals surface area contributed by atoms with Gasteiger partial charge in [-0.1, -0.05) is 23.8 Å². The molecule has 5 rings (SSSR count). The van der Waals surface area contributed by atoms with E-state index in [-0.39, 0.29) is 46.7 Å². The van der Waals surface area contributed by atoms with Crippen LogP contribution >= 0.6 is 0 Å². The van der Waals surface area contributed by atoms with Gasteiger partial charge in [0, 0.05) is 35.0 Å². The Balaban J connectivity index is 1.63. The van der Waals surface area contributed by atoms with E-state index in [9.17, 15) is 30.0 Å². The highest BCUT2D eigenvalue weighted by atomic mass is 16.5. The fraction of sp³-hybridized carbons (Fsp3) is 0.568. The largest absolute Gasteiger partial charge is 0.506 e. The molecule has 0 radical (unpaired) electrons. The number of phenols is 1. The van der Waals surface area contributed by atoms with E-state index in [1.807, 2.05) is 46.8 Å². The van der Waals surface area contributed by atoms with Crippen molar-refractivity contribution in [3.05, 3.63) is 57.7 Å². The molecule has 1 aliphatic carbocycles. The van der Waals surface area contributed by atoms with Crippen LogP contribution in [0.2, 0.25) is 0 Å². The van der Waals surface area contributed by atoms with Crippen LogP contribution in [-0.4, -0.2) is 67.3 Å². The molecule has 46 heavy (non-hydrogen) atoms. The summed E-state index contributed by atoms with van der Waals surface area (Å²) in [5.41, 5.74) is -0.204. The lowest BCUT2D eigenvalue weighted by Crippen LogP contribution is -2.47. The Labute approximate surface area is 271 Å². The average molecular weight is 637 g/mol. The van der Waals surface area contributed by atoms with Gasteiger partial charge in [-0.15, -0.1) is 0 Å². The van der Waals surface area contributed by atoms with Crippen LogP contribution in [0.5, 0.6) is 17.2 Å². The second-order valence-corrected chi connectivity index (χ2v) is 14.9. The SMILES string of the molecule is CC(C)=CCC[C@@]1(C)C=Cc2c(O)c3c(c(CC(O)C(C)(C)O)c2O1)OC1C(=CCC2C1[C@@H](C/C=C(/C)C(=O)O)OC2(C)C)C3=O. The lowest BCUT2D eigenvalue weighted by atomic mass is 9.68. The Morgan fingerprint density at radius 3 is 2.48 bits per heavy atom. The van der Waals surface area contributed by atoms with E-state index in [1.165, 1.54) is 26.3 Å². The van der Waals surface area contributed by atoms with Gasteiger partial charge >= 0.3 is 5.97 Å². The van der Waals surface area contributed by atoms with Gasteiger partial charge in [0.2, 0.25) is 0 Å². The summed E-state index contributed by atoms with van der Waals surface area (Å²) >= 11 is 0. The van der Waals surface area contributed by atoms with Gasteiger partial charge in [-0.25, -0.2) is 4.79 Å². The molecule has 1 aromatic carbocycles. The van der Waals surface area contributed by atoms with Crippen molar-refractivity contribution in [3.63, 3.8) is 0 Å². The van der Waals surface area contributed by atoms with Gasteiger partial charge in [0.1, 0.15) is 34.5 Å².